The standard InChI is InChI=1S/C18H12Cl2INO3S/c1-9(23)14-17(24)15-12(19)6-7-13(20)16(15)22-18(14)26(25)8-10-2-4-11(21)5-3-10/h2-7H,8H2,1H3,(H,22,24). The number of aromatic nitrogens is 1. The number of Topliss-reactive ketones (excluding diaryl/α,β-unsaturated/α-hetero) is 1. The Kier molecular flexibility index (Phi) is 5.98. The van der Waals surface area contributed by atoms with Crippen molar-refractivity contribution in [3.8, 4) is 0 Å². The second kappa shape index (κ2) is 7.90. The Morgan fingerprint density at radius 2 is 1.77 bits per heavy atom. The van der Waals surface area contributed by atoms with Crippen molar-refractivity contribution in [1.82, 2.24) is 4.98 Å². The van der Waals surface area contributed by atoms with Crippen LogP contribution >= 0.6 is 45.8 Å². The van der Waals surface area contributed by atoms with Crippen molar-refractivity contribution in [3.05, 3.63) is 71.4 Å². The normalized spacial score (nSPS) is 12.3. The molecular weight excluding hydrogens is 508 g/mol. The van der Waals surface area contributed by atoms with Gasteiger partial charge in [-0.05, 0) is 53.8 Å². The third-order valence-electron chi connectivity index (χ3n) is 3.81. The third kappa shape index (κ3) is 3.80. The van der Waals surface area contributed by atoms with E-state index in [1.165, 1.54) is 13.0 Å². The van der Waals surface area contributed by atoms with Crippen LogP contribution in [0.15, 0.2) is 46.2 Å². The van der Waals surface area contributed by atoms with Gasteiger partial charge in [-0.2, -0.15) is 0 Å². The summed E-state index contributed by atoms with van der Waals surface area (Å²) in [6.45, 7) is 1.26. The molecule has 0 aliphatic carbocycles. The fourth-order valence-electron chi connectivity index (χ4n) is 2.59. The van der Waals surface area contributed by atoms with Gasteiger partial charge >= 0.3 is 0 Å². The van der Waals surface area contributed by atoms with E-state index in [-0.39, 0.29) is 37.3 Å². The number of H-pyrrole nitrogens is 1. The summed E-state index contributed by atoms with van der Waals surface area (Å²) in [5.74, 6) is -0.313. The number of hydrogen-bond donors (Lipinski definition) is 1. The van der Waals surface area contributed by atoms with Crippen LogP contribution in [0.25, 0.3) is 10.9 Å². The van der Waals surface area contributed by atoms with E-state index in [9.17, 15) is 14.1 Å². The van der Waals surface area contributed by atoms with Crippen molar-refractivity contribution >= 4 is 73.7 Å². The molecule has 0 aliphatic rings. The van der Waals surface area contributed by atoms with Crippen LogP contribution in [0.5, 0.6) is 0 Å². The first-order valence-corrected chi connectivity index (χ1v) is 10.6. The summed E-state index contributed by atoms with van der Waals surface area (Å²) in [7, 11) is 0. The van der Waals surface area contributed by atoms with Crippen LogP contribution in [-0.2, 0) is 16.9 Å². The number of carbonyl (C=O) groups excluding carboxylic acids is 1. The molecule has 0 saturated heterocycles. The van der Waals surface area contributed by atoms with Crippen molar-refractivity contribution in [2.75, 3.05) is 0 Å². The summed E-state index contributed by atoms with van der Waals surface area (Å²) in [4.78, 5) is 27.9. The number of hydrogen-bond acceptors (Lipinski definition) is 3. The summed E-state index contributed by atoms with van der Waals surface area (Å²) in [6, 6.07) is 10.6. The summed E-state index contributed by atoms with van der Waals surface area (Å²) >= 11 is 12.8. The molecule has 2 aromatic carbocycles. The van der Waals surface area contributed by atoms with Crippen molar-refractivity contribution in [3.63, 3.8) is 0 Å². The fourth-order valence-corrected chi connectivity index (χ4v) is 4.72. The minimum absolute atomic E-state index is 0.0673. The highest BCUT2D eigenvalue weighted by atomic mass is 127. The van der Waals surface area contributed by atoms with E-state index in [2.05, 4.69) is 27.6 Å². The van der Waals surface area contributed by atoms with Crippen LogP contribution in [0.1, 0.15) is 22.8 Å². The quantitative estimate of drug-likeness (QED) is 0.301. The number of pyridine rings is 1. The average Bonchev–Trinajstić information content (AvgIpc) is 2.59. The monoisotopic (exact) mass is 519 g/mol. The molecule has 0 spiro atoms. The molecule has 0 radical (unpaired) electrons. The molecule has 0 bridgehead atoms. The van der Waals surface area contributed by atoms with Gasteiger partial charge in [0.1, 0.15) is 11.3 Å². The van der Waals surface area contributed by atoms with Gasteiger partial charge in [-0.3, -0.25) is 9.59 Å². The average molecular weight is 520 g/mol. The molecule has 134 valence electrons. The predicted octanol–water partition coefficient (Wildman–Crippen LogP) is 4.95. The lowest BCUT2D eigenvalue weighted by atomic mass is 10.1. The molecule has 26 heavy (non-hydrogen) atoms. The van der Waals surface area contributed by atoms with Gasteiger partial charge in [-0.15, -0.1) is 0 Å². The smallest absolute Gasteiger partial charge is 0.238 e. The van der Waals surface area contributed by atoms with Gasteiger partial charge in [-0.1, -0.05) is 35.3 Å². The summed E-state index contributed by atoms with van der Waals surface area (Å²) in [5, 5.41) is 0.643. The van der Waals surface area contributed by atoms with Crippen LogP contribution in [0.4, 0.5) is 0 Å². The maximum Gasteiger partial charge on any atom is 0.238 e. The lowest BCUT2D eigenvalue weighted by Crippen LogP contribution is -2.22. The molecular formula is C18H12Cl2INO3S. The summed E-state index contributed by atoms with van der Waals surface area (Å²) < 4.78 is 14.0. The molecule has 8 heteroatoms. The maximum atomic E-state index is 12.9. The number of benzene rings is 2. The zero-order chi connectivity index (χ0) is 19.0. The number of aromatic amines is 1. The molecule has 0 saturated carbocycles. The molecule has 1 aromatic heterocycles. The van der Waals surface area contributed by atoms with E-state index in [0.29, 0.717) is 0 Å². The zero-order valence-electron chi connectivity index (χ0n) is 13.4. The van der Waals surface area contributed by atoms with Crippen LogP contribution in [0, 0.1) is 3.57 Å². The van der Waals surface area contributed by atoms with Crippen molar-refractivity contribution in [2.24, 2.45) is 0 Å². The van der Waals surface area contributed by atoms with E-state index in [4.69, 9.17) is 23.2 Å². The molecule has 3 aromatic rings. The molecule has 1 unspecified atom stereocenters. The van der Waals surface area contributed by atoms with E-state index in [0.717, 1.165) is 9.13 Å². The van der Waals surface area contributed by atoms with Crippen LogP contribution in [0.3, 0.4) is 0 Å². The largest absolute Gasteiger partial charge is 0.610 e. The van der Waals surface area contributed by atoms with Crippen LogP contribution in [-0.4, -0.2) is 15.3 Å². The van der Waals surface area contributed by atoms with Crippen LogP contribution in [0.2, 0.25) is 10.0 Å². The topological polar surface area (TPSA) is 73.0 Å². The van der Waals surface area contributed by atoms with E-state index in [1.54, 1.807) is 6.07 Å². The highest BCUT2D eigenvalue weighted by molar-refractivity contribution is 14.1. The first-order chi connectivity index (χ1) is 12.3. The Morgan fingerprint density at radius 3 is 2.38 bits per heavy atom. The Balaban J connectivity index is 2.19. The molecule has 1 heterocycles. The Morgan fingerprint density at radius 1 is 1.15 bits per heavy atom. The Bertz CT molecular complexity index is 1070. The Labute approximate surface area is 176 Å². The second-order valence-corrected chi connectivity index (χ2v) is 9.06. The van der Waals surface area contributed by atoms with E-state index < -0.39 is 22.4 Å². The molecule has 0 aliphatic heterocycles. The number of fused-ring (bicyclic) bond motifs is 1. The minimum Gasteiger partial charge on any atom is -0.610 e. The molecule has 1 N–H and O–H groups in total. The molecule has 0 amide bonds. The van der Waals surface area contributed by atoms with Gasteiger partial charge in [0.25, 0.3) is 0 Å². The van der Waals surface area contributed by atoms with E-state index in [1.807, 2.05) is 24.3 Å². The molecule has 3 rings (SSSR count). The first kappa shape index (κ1) is 19.7. The predicted molar refractivity (Wildman–Crippen MR) is 114 cm³/mol. The third-order valence-corrected chi connectivity index (χ3v) is 6.52. The zero-order valence-corrected chi connectivity index (χ0v) is 17.9. The minimum atomic E-state index is -1.63. The van der Waals surface area contributed by atoms with Gasteiger partial charge in [0.05, 0.1) is 20.9 Å². The van der Waals surface area contributed by atoms with Gasteiger partial charge in [0.2, 0.25) is 10.5 Å². The van der Waals surface area contributed by atoms with Gasteiger partial charge in [0.15, 0.2) is 5.78 Å². The van der Waals surface area contributed by atoms with Crippen molar-refractivity contribution in [2.45, 2.75) is 17.7 Å². The number of nitrogens with one attached hydrogen (secondary N) is 1. The van der Waals surface area contributed by atoms with Crippen molar-refractivity contribution in [1.29, 1.82) is 0 Å². The maximum absolute atomic E-state index is 12.9. The molecule has 4 nitrogen and oxygen atoms in total. The van der Waals surface area contributed by atoms with Gasteiger partial charge < -0.3 is 9.54 Å². The molecule has 1 atom stereocenters. The van der Waals surface area contributed by atoms with Crippen molar-refractivity contribution < 1.29 is 9.35 Å². The number of rotatable bonds is 4. The van der Waals surface area contributed by atoms with Crippen LogP contribution < -0.4 is 5.43 Å². The highest BCUT2D eigenvalue weighted by Crippen LogP contribution is 2.29. The molecule has 0 fully saturated rings. The highest BCUT2D eigenvalue weighted by Gasteiger charge is 2.27. The lowest BCUT2D eigenvalue weighted by molar-refractivity contribution is 0.101. The number of ketones is 1. The van der Waals surface area contributed by atoms with Gasteiger partial charge in [0, 0.05) is 20.3 Å². The van der Waals surface area contributed by atoms with Gasteiger partial charge in [-0.25, -0.2) is 0 Å². The summed E-state index contributed by atoms with van der Waals surface area (Å²) in [6.07, 6.45) is 0. The summed E-state index contributed by atoms with van der Waals surface area (Å²) in [5.41, 5.74) is 0.395. The number of halogens is 3. The lowest BCUT2D eigenvalue weighted by Gasteiger charge is -2.15. The SMILES string of the molecule is CC(=O)c1c([S+]([O-])Cc2ccc(I)cc2)[nH]c2c(Cl)ccc(Cl)c2c1=O. The second-order valence-electron chi connectivity index (χ2n) is 5.61. The fraction of sp³-hybridized carbons (Fsp3) is 0.111. The van der Waals surface area contributed by atoms with E-state index >= 15 is 0 Å². The Hall–Kier alpha value is -1.06. The number of carbonyl (C=O) groups is 1. The first-order valence-electron chi connectivity index (χ1n) is 7.47.